The van der Waals surface area contributed by atoms with Crippen LogP contribution in [0, 0.1) is 0 Å². The normalized spacial score (nSPS) is 16.0. The molecule has 0 heterocycles. The van der Waals surface area contributed by atoms with E-state index in [1.165, 1.54) is 5.56 Å². The third-order valence-electron chi connectivity index (χ3n) is 3.74. The summed E-state index contributed by atoms with van der Waals surface area (Å²) in [5.41, 5.74) is 1.37. The monoisotopic (exact) mass is 295 g/mol. The van der Waals surface area contributed by atoms with Crippen molar-refractivity contribution in [3.63, 3.8) is 0 Å². The second-order valence-electron chi connectivity index (χ2n) is 5.70. The maximum Gasteiger partial charge on any atom is 0.314 e. The van der Waals surface area contributed by atoms with E-state index >= 15 is 0 Å². The van der Waals surface area contributed by atoms with Gasteiger partial charge in [0.1, 0.15) is 0 Å². The van der Waals surface area contributed by atoms with Crippen molar-refractivity contribution < 1.29 is 4.79 Å². The maximum atomic E-state index is 11.7. The Morgan fingerprint density at radius 3 is 2.45 bits per heavy atom. The third kappa shape index (κ3) is 4.12. The molecule has 1 aliphatic rings. The van der Waals surface area contributed by atoms with Crippen molar-refractivity contribution in [2.24, 2.45) is 0 Å². The van der Waals surface area contributed by atoms with Crippen LogP contribution >= 0.6 is 11.6 Å². The summed E-state index contributed by atoms with van der Waals surface area (Å²) in [7, 11) is 3.97. The summed E-state index contributed by atoms with van der Waals surface area (Å²) in [5, 5.41) is 6.58. The molecule has 2 N–H and O–H groups in total. The minimum absolute atomic E-state index is 0.0907. The van der Waals surface area contributed by atoms with E-state index < -0.39 is 0 Å². The second-order valence-corrected chi connectivity index (χ2v) is 6.14. The van der Waals surface area contributed by atoms with E-state index in [0.29, 0.717) is 13.1 Å². The Labute approximate surface area is 125 Å². The lowest BCUT2D eigenvalue weighted by atomic mass is 9.96. The SMILES string of the molecule is CN(C)CCNC(=O)NCC1(c2ccc(Cl)cc2)CC1. The fourth-order valence-corrected chi connectivity index (χ4v) is 2.35. The highest BCUT2D eigenvalue weighted by atomic mass is 35.5. The number of hydrogen-bond acceptors (Lipinski definition) is 2. The van der Waals surface area contributed by atoms with Crippen molar-refractivity contribution in [2.75, 3.05) is 33.7 Å². The number of hydrogen-bond donors (Lipinski definition) is 2. The first-order chi connectivity index (χ1) is 9.52. The van der Waals surface area contributed by atoms with Gasteiger partial charge in [-0.25, -0.2) is 4.79 Å². The minimum Gasteiger partial charge on any atom is -0.337 e. The smallest absolute Gasteiger partial charge is 0.314 e. The highest BCUT2D eigenvalue weighted by Gasteiger charge is 2.44. The van der Waals surface area contributed by atoms with Gasteiger partial charge in [-0.1, -0.05) is 23.7 Å². The average Bonchev–Trinajstić information content (AvgIpc) is 3.18. The number of nitrogens with zero attached hydrogens (tertiary/aromatic N) is 1. The molecule has 0 bridgehead atoms. The van der Waals surface area contributed by atoms with Crippen LogP contribution in [0.25, 0.3) is 0 Å². The lowest BCUT2D eigenvalue weighted by Crippen LogP contribution is -2.42. The van der Waals surface area contributed by atoms with Crippen LogP contribution in [0.2, 0.25) is 5.02 Å². The van der Waals surface area contributed by atoms with Gasteiger partial charge in [0.2, 0.25) is 0 Å². The zero-order valence-electron chi connectivity index (χ0n) is 12.1. The first-order valence-corrected chi connectivity index (χ1v) is 7.32. The van der Waals surface area contributed by atoms with Gasteiger partial charge in [-0.2, -0.15) is 0 Å². The molecule has 0 saturated heterocycles. The van der Waals surface area contributed by atoms with Gasteiger partial charge in [-0.15, -0.1) is 0 Å². The minimum atomic E-state index is -0.0907. The topological polar surface area (TPSA) is 44.4 Å². The van der Waals surface area contributed by atoms with Gasteiger partial charge in [0.05, 0.1) is 0 Å². The second kappa shape index (κ2) is 6.46. The predicted molar refractivity (Wildman–Crippen MR) is 82.3 cm³/mol. The highest BCUT2D eigenvalue weighted by Crippen LogP contribution is 2.47. The molecule has 0 aliphatic heterocycles. The lowest BCUT2D eigenvalue weighted by molar-refractivity contribution is 0.238. The van der Waals surface area contributed by atoms with Gasteiger partial charge >= 0.3 is 6.03 Å². The van der Waals surface area contributed by atoms with Crippen molar-refractivity contribution >= 4 is 17.6 Å². The van der Waals surface area contributed by atoms with E-state index in [-0.39, 0.29) is 11.4 Å². The molecule has 2 rings (SSSR count). The van der Waals surface area contributed by atoms with E-state index in [0.717, 1.165) is 24.4 Å². The molecule has 1 saturated carbocycles. The number of urea groups is 1. The van der Waals surface area contributed by atoms with Crippen molar-refractivity contribution in [3.05, 3.63) is 34.9 Å². The fourth-order valence-electron chi connectivity index (χ4n) is 2.23. The number of carbonyl (C=O) groups excluding carboxylic acids is 1. The van der Waals surface area contributed by atoms with Crippen LogP contribution in [-0.2, 0) is 5.41 Å². The Morgan fingerprint density at radius 2 is 1.90 bits per heavy atom. The Balaban J connectivity index is 1.78. The molecule has 110 valence electrons. The third-order valence-corrected chi connectivity index (χ3v) is 3.99. The molecule has 1 fully saturated rings. The number of rotatable bonds is 6. The summed E-state index contributed by atoms with van der Waals surface area (Å²) in [6.07, 6.45) is 2.24. The summed E-state index contributed by atoms with van der Waals surface area (Å²) in [4.78, 5) is 13.8. The summed E-state index contributed by atoms with van der Waals surface area (Å²) in [6.45, 7) is 2.19. The standard InChI is InChI=1S/C15H22ClN3O/c1-19(2)10-9-17-14(20)18-11-15(7-8-15)12-3-5-13(16)6-4-12/h3-6H,7-11H2,1-2H3,(H2,17,18,20). The number of amides is 2. The first-order valence-electron chi connectivity index (χ1n) is 6.94. The Bertz CT molecular complexity index is 455. The van der Waals surface area contributed by atoms with Gasteiger partial charge in [0, 0.05) is 30.1 Å². The van der Waals surface area contributed by atoms with Crippen molar-refractivity contribution in [1.29, 1.82) is 0 Å². The zero-order chi connectivity index (χ0) is 14.6. The van der Waals surface area contributed by atoms with Crippen molar-refractivity contribution in [3.8, 4) is 0 Å². The van der Waals surface area contributed by atoms with Crippen molar-refractivity contribution in [2.45, 2.75) is 18.3 Å². The number of nitrogens with one attached hydrogen (secondary N) is 2. The van der Waals surface area contributed by atoms with Gasteiger partial charge in [0.15, 0.2) is 0 Å². The summed E-state index contributed by atoms with van der Waals surface area (Å²) < 4.78 is 0. The first kappa shape index (κ1) is 15.1. The van der Waals surface area contributed by atoms with E-state index in [1.54, 1.807) is 0 Å². The molecular formula is C15H22ClN3O. The molecular weight excluding hydrogens is 274 g/mol. The number of benzene rings is 1. The van der Waals surface area contributed by atoms with E-state index in [4.69, 9.17) is 11.6 Å². The molecule has 1 aliphatic carbocycles. The zero-order valence-corrected chi connectivity index (χ0v) is 12.8. The molecule has 0 spiro atoms. The van der Waals surface area contributed by atoms with Gasteiger partial charge in [0.25, 0.3) is 0 Å². The molecule has 4 nitrogen and oxygen atoms in total. The Hall–Kier alpha value is -1.26. The van der Waals surface area contributed by atoms with E-state index in [2.05, 4.69) is 22.8 Å². The predicted octanol–water partition coefficient (Wildman–Crippen LogP) is 2.23. The number of likely N-dealkylation sites (N-methyl/N-ethyl adjacent to an activating group) is 1. The number of halogens is 1. The van der Waals surface area contributed by atoms with Gasteiger partial charge in [-0.05, 0) is 44.6 Å². The molecule has 2 amide bonds. The van der Waals surface area contributed by atoms with Gasteiger partial charge in [-0.3, -0.25) is 0 Å². The molecule has 0 atom stereocenters. The van der Waals surface area contributed by atoms with Gasteiger partial charge < -0.3 is 15.5 Å². The van der Waals surface area contributed by atoms with Crippen LogP contribution in [0.5, 0.6) is 0 Å². The molecule has 1 aromatic rings. The molecule has 1 aromatic carbocycles. The summed E-state index contributed by atoms with van der Waals surface area (Å²) >= 11 is 5.91. The van der Waals surface area contributed by atoms with Crippen LogP contribution < -0.4 is 10.6 Å². The van der Waals surface area contributed by atoms with Crippen LogP contribution in [0.4, 0.5) is 4.79 Å². The molecule has 20 heavy (non-hydrogen) atoms. The molecule has 0 radical (unpaired) electrons. The summed E-state index contributed by atoms with van der Waals surface area (Å²) in [6, 6.07) is 7.84. The maximum absolute atomic E-state index is 11.7. The van der Waals surface area contributed by atoms with E-state index in [1.807, 2.05) is 31.1 Å². The van der Waals surface area contributed by atoms with Crippen molar-refractivity contribution in [1.82, 2.24) is 15.5 Å². The molecule has 0 aromatic heterocycles. The quantitative estimate of drug-likeness (QED) is 0.845. The van der Waals surface area contributed by atoms with Crippen LogP contribution in [0.15, 0.2) is 24.3 Å². The van der Waals surface area contributed by atoms with E-state index in [9.17, 15) is 4.79 Å². The highest BCUT2D eigenvalue weighted by molar-refractivity contribution is 6.30. The van der Waals surface area contributed by atoms with Crippen LogP contribution in [0.3, 0.4) is 0 Å². The van der Waals surface area contributed by atoms with Crippen LogP contribution in [-0.4, -0.2) is 44.7 Å². The molecule has 5 heteroatoms. The summed E-state index contributed by atoms with van der Waals surface area (Å²) in [5.74, 6) is 0. The number of carbonyl (C=O) groups is 1. The largest absolute Gasteiger partial charge is 0.337 e. The Morgan fingerprint density at radius 1 is 1.25 bits per heavy atom. The lowest BCUT2D eigenvalue weighted by Gasteiger charge is -2.17. The van der Waals surface area contributed by atoms with Crippen LogP contribution in [0.1, 0.15) is 18.4 Å². The Kier molecular flexibility index (Phi) is 4.89. The average molecular weight is 296 g/mol. The fraction of sp³-hybridized carbons (Fsp3) is 0.533. The molecule has 0 unspecified atom stereocenters.